The summed E-state index contributed by atoms with van der Waals surface area (Å²) in [5.41, 5.74) is 0. The zero-order valence-electron chi connectivity index (χ0n) is 11.6. The third-order valence-electron chi connectivity index (χ3n) is 3.99. The molecule has 0 aliphatic carbocycles. The van der Waals surface area contributed by atoms with Crippen molar-refractivity contribution in [1.82, 2.24) is 15.1 Å². The quantitative estimate of drug-likeness (QED) is 0.827. The van der Waals surface area contributed by atoms with Gasteiger partial charge in [-0.05, 0) is 32.4 Å². The molecule has 7 heteroatoms. The van der Waals surface area contributed by atoms with E-state index in [2.05, 4.69) is 5.32 Å². The first-order valence-corrected chi connectivity index (χ1v) is 7.24. The lowest BCUT2D eigenvalue weighted by molar-refractivity contribution is -0.145. The fourth-order valence-electron chi connectivity index (χ4n) is 2.93. The van der Waals surface area contributed by atoms with E-state index in [1.54, 1.807) is 4.90 Å². The molecule has 1 amide bonds. The Morgan fingerprint density at radius 2 is 1.80 bits per heavy atom. The van der Waals surface area contributed by atoms with Crippen molar-refractivity contribution < 1.29 is 18.0 Å². The highest BCUT2D eigenvalue weighted by Gasteiger charge is 2.33. The van der Waals surface area contributed by atoms with Gasteiger partial charge in [-0.15, -0.1) is 0 Å². The van der Waals surface area contributed by atoms with Gasteiger partial charge in [0, 0.05) is 32.1 Å². The molecule has 4 nitrogen and oxygen atoms in total. The predicted molar refractivity (Wildman–Crippen MR) is 69.3 cm³/mol. The minimum atomic E-state index is -4.16. The maximum atomic E-state index is 12.4. The molecule has 2 fully saturated rings. The summed E-state index contributed by atoms with van der Waals surface area (Å²) in [6.45, 7) is 2.55. The number of halogens is 3. The lowest BCUT2D eigenvalue weighted by Gasteiger charge is -2.29. The van der Waals surface area contributed by atoms with Gasteiger partial charge in [0.2, 0.25) is 5.91 Å². The number of carbonyl (C=O) groups excluding carboxylic acids is 1. The van der Waals surface area contributed by atoms with E-state index in [4.69, 9.17) is 0 Å². The first-order chi connectivity index (χ1) is 9.46. The largest absolute Gasteiger partial charge is 0.401 e. The zero-order valence-corrected chi connectivity index (χ0v) is 11.6. The summed E-state index contributed by atoms with van der Waals surface area (Å²) in [5, 5.41) is 3.21. The SMILES string of the molecule is O=C(C1CCNCC1)N1CCCN(CC(F)(F)F)CC1. The maximum absolute atomic E-state index is 12.4. The van der Waals surface area contributed by atoms with Crippen LogP contribution in [-0.4, -0.2) is 67.7 Å². The van der Waals surface area contributed by atoms with E-state index in [0.29, 0.717) is 32.6 Å². The van der Waals surface area contributed by atoms with Crippen LogP contribution in [0.2, 0.25) is 0 Å². The maximum Gasteiger partial charge on any atom is 0.401 e. The van der Waals surface area contributed by atoms with E-state index in [0.717, 1.165) is 25.9 Å². The molecule has 20 heavy (non-hydrogen) atoms. The average molecular weight is 293 g/mol. The molecule has 2 heterocycles. The molecule has 2 aliphatic heterocycles. The van der Waals surface area contributed by atoms with Crippen LogP contribution in [0.25, 0.3) is 0 Å². The van der Waals surface area contributed by atoms with Gasteiger partial charge in [0.05, 0.1) is 6.54 Å². The number of amides is 1. The number of piperidine rings is 1. The van der Waals surface area contributed by atoms with Crippen molar-refractivity contribution in [3.63, 3.8) is 0 Å². The van der Waals surface area contributed by atoms with E-state index >= 15 is 0 Å². The lowest BCUT2D eigenvalue weighted by atomic mass is 9.96. The van der Waals surface area contributed by atoms with Crippen LogP contribution in [0.1, 0.15) is 19.3 Å². The molecule has 2 saturated heterocycles. The fraction of sp³-hybridized carbons (Fsp3) is 0.923. The van der Waals surface area contributed by atoms with Gasteiger partial charge in [-0.25, -0.2) is 0 Å². The second-order valence-electron chi connectivity index (χ2n) is 5.59. The molecule has 0 aromatic rings. The van der Waals surface area contributed by atoms with Gasteiger partial charge in [0.25, 0.3) is 0 Å². The topological polar surface area (TPSA) is 35.6 Å². The number of hydrogen-bond acceptors (Lipinski definition) is 3. The van der Waals surface area contributed by atoms with Crippen molar-refractivity contribution in [2.24, 2.45) is 5.92 Å². The second kappa shape index (κ2) is 6.76. The molecule has 2 aliphatic rings. The third-order valence-corrected chi connectivity index (χ3v) is 3.99. The van der Waals surface area contributed by atoms with E-state index < -0.39 is 12.7 Å². The molecule has 0 radical (unpaired) electrons. The van der Waals surface area contributed by atoms with E-state index in [9.17, 15) is 18.0 Å². The summed E-state index contributed by atoms with van der Waals surface area (Å²) in [5.74, 6) is 0.172. The second-order valence-corrected chi connectivity index (χ2v) is 5.59. The van der Waals surface area contributed by atoms with E-state index in [1.165, 1.54) is 4.90 Å². The Balaban J connectivity index is 1.84. The zero-order chi connectivity index (χ0) is 14.6. The van der Waals surface area contributed by atoms with Gasteiger partial charge in [-0.2, -0.15) is 13.2 Å². The van der Waals surface area contributed by atoms with Crippen LogP contribution in [0, 0.1) is 5.92 Å². The van der Waals surface area contributed by atoms with Crippen LogP contribution in [0.3, 0.4) is 0 Å². The van der Waals surface area contributed by atoms with E-state index in [-0.39, 0.29) is 11.8 Å². The summed E-state index contributed by atoms with van der Waals surface area (Å²) >= 11 is 0. The fourth-order valence-corrected chi connectivity index (χ4v) is 2.93. The van der Waals surface area contributed by atoms with Crippen LogP contribution in [0.15, 0.2) is 0 Å². The minimum Gasteiger partial charge on any atom is -0.341 e. The Morgan fingerprint density at radius 3 is 2.45 bits per heavy atom. The standard InChI is InChI=1S/C13H22F3N3O/c14-13(15,16)10-18-6-1-7-19(9-8-18)12(20)11-2-4-17-5-3-11/h11,17H,1-10H2. The molecule has 0 spiro atoms. The van der Waals surface area contributed by atoms with Crippen LogP contribution >= 0.6 is 0 Å². The summed E-state index contributed by atoms with van der Waals surface area (Å²) in [6.07, 6.45) is -1.87. The molecule has 0 bridgehead atoms. The van der Waals surface area contributed by atoms with Gasteiger partial charge < -0.3 is 10.2 Å². The Morgan fingerprint density at radius 1 is 1.10 bits per heavy atom. The molecule has 0 aromatic heterocycles. The normalized spacial score (nSPS) is 23.6. The molecule has 2 rings (SSSR count). The lowest BCUT2D eigenvalue weighted by Crippen LogP contribution is -2.43. The molecule has 0 atom stereocenters. The Bertz CT molecular complexity index is 329. The van der Waals surface area contributed by atoms with E-state index in [1.807, 2.05) is 0 Å². The van der Waals surface area contributed by atoms with Crippen molar-refractivity contribution in [3.05, 3.63) is 0 Å². The first kappa shape index (κ1) is 15.6. The van der Waals surface area contributed by atoms with Crippen molar-refractivity contribution in [2.75, 3.05) is 45.8 Å². The van der Waals surface area contributed by atoms with Crippen molar-refractivity contribution in [2.45, 2.75) is 25.4 Å². The predicted octanol–water partition coefficient (Wildman–Crippen LogP) is 1.08. The first-order valence-electron chi connectivity index (χ1n) is 7.24. The average Bonchev–Trinajstić information content (AvgIpc) is 2.63. The van der Waals surface area contributed by atoms with Crippen molar-refractivity contribution in [3.8, 4) is 0 Å². The minimum absolute atomic E-state index is 0.0467. The molecule has 0 unspecified atom stereocenters. The smallest absolute Gasteiger partial charge is 0.341 e. The highest BCUT2D eigenvalue weighted by atomic mass is 19.4. The molecule has 1 N–H and O–H groups in total. The number of rotatable bonds is 2. The summed E-state index contributed by atoms with van der Waals surface area (Å²) in [6, 6.07) is 0. The summed E-state index contributed by atoms with van der Waals surface area (Å²) < 4.78 is 37.2. The highest BCUT2D eigenvalue weighted by Crippen LogP contribution is 2.19. The summed E-state index contributed by atoms with van der Waals surface area (Å²) in [4.78, 5) is 15.5. The van der Waals surface area contributed by atoms with Gasteiger partial charge in [-0.1, -0.05) is 0 Å². The van der Waals surface area contributed by atoms with Crippen molar-refractivity contribution in [1.29, 1.82) is 0 Å². The van der Waals surface area contributed by atoms with Gasteiger partial charge in [-0.3, -0.25) is 9.69 Å². The molecular weight excluding hydrogens is 271 g/mol. The molecular formula is C13H22F3N3O. The van der Waals surface area contributed by atoms with Crippen LogP contribution in [-0.2, 0) is 4.79 Å². The van der Waals surface area contributed by atoms with Gasteiger partial charge >= 0.3 is 6.18 Å². The molecule has 116 valence electrons. The number of nitrogens with zero attached hydrogens (tertiary/aromatic N) is 2. The number of nitrogens with one attached hydrogen (secondary N) is 1. The Hall–Kier alpha value is -0.820. The van der Waals surface area contributed by atoms with Gasteiger partial charge in [0.1, 0.15) is 0 Å². The third kappa shape index (κ3) is 4.63. The number of hydrogen-bond donors (Lipinski definition) is 1. The van der Waals surface area contributed by atoms with Crippen LogP contribution in [0.4, 0.5) is 13.2 Å². The Labute approximate surface area is 117 Å². The molecule has 0 saturated carbocycles. The van der Waals surface area contributed by atoms with Crippen LogP contribution < -0.4 is 5.32 Å². The number of carbonyl (C=O) groups is 1. The molecule has 0 aromatic carbocycles. The summed E-state index contributed by atoms with van der Waals surface area (Å²) in [7, 11) is 0. The highest BCUT2D eigenvalue weighted by molar-refractivity contribution is 5.79. The monoisotopic (exact) mass is 293 g/mol. The number of alkyl halides is 3. The van der Waals surface area contributed by atoms with Crippen molar-refractivity contribution >= 4 is 5.91 Å². The van der Waals surface area contributed by atoms with Crippen LogP contribution in [0.5, 0.6) is 0 Å². The van der Waals surface area contributed by atoms with Gasteiger partial charge in [0.15, 0.2) is 0 Å². The Kier molecular flexibility index (Phi) is 5.26.